The van der Waals surface area contributed by atoms with Crippen molar-refractivity contribution >= 4 is 28.2 Å². The number of methoxy groups -OCH3 is 1. The number of nitrogens with two attached hydrogens (primary N) is 1. The number of hydrogen-bond acceptors (Lipinski definition) is 6. The van der Waals surface area contributed by atoms with Crippen LogP contribution in [0.4, 0.5) is 21.7 Å². The average molecular weight is 433 g/mol. The molecule has 0 amide bonds. The summed E-state index contributed by atoms with van der Waals surface area (Å²) in [6.45, 7) is 1.85. The minimum atomic E-state index is -0.481. The first-order valence-electron chi connectivity index (χ1n) is 10.7. The van der Waals surface area contributed by atoms with E-state index in [1.807, 2.05) is 42.5 Å². The maximum absolute atomic E-state index is 14.6. The minimum absolute atomic E-state index is 0.236. The lowest BCUT2D eigenvalue weighted by Gasteiger charge is -2.32. The average Bonchev–Trinajstić information content (AvgIpc) is 3.25. The Morgan fingerprint density at radius 1 is 1.19 bits per heavy atom. The molecule has 8 heteroatoms. The lowest BCUT2D eigenvalue weighted by atomic mass is 10.1. The van der Waals surface area contributed by atoms with Gasteiger partial charge in [-0.25, -0.2) is 14.4 Å². The predicted molar refractivity (Wildman–Crippen MR) is 125 cm³/mol. The van der Waals surface area contributed by atoms with E-state index in [2.05, 4.69) is 25.2 Å². The van der Waals surface area contributed by atoms with Gasteiger partial charge in [-0.05, 0) is 31.0 Å². The van der Waals surface area contributed by atoms with Gasteiger partial charge in [0, 0.05) is 53.5 Å². The summed E-state index contributed by atoms with van der Waals surface area (Å²) < 4.78 is 20.2. The van der Waals surface area contributed by atoms with Gasteiger partial charge in [-0.15, -0.1) is 0 Å². The fourth-order valence-corrected chi connectivity index (χ4v) is 4.14. The normalized spacial score (nSPS) is 14.7. The highest BCUT2D eigenvalue weighted by atomic mass is 19.1. The van der Waals surface area contributed by atoms with E-state index in [1.165, 1.54) is 6.20 Å². The fraction of sp³-hybridized carbons (Fsp3) is 0.250. The van der Waals surface area contributed by atoms with E-state index < -0.39 is 5.82 Å². The van der Waals surface area contributed by atoms with Crippen molar-refractivity contribution in [1.82, 2.24) is 15.0 Å². The molecule has 0 atom stereocenters. The molecule has 32 heavy (non-hydrogen) atoms. The van der Waals surface area contributed by atoms with Crippen LogP contribution in [0.15, 0.2) is 54.9 Å². The molecule has 164 valence electrons. The third kappa shape index (κ3) is 3.85. The van der Waals surface area contributed by atoms with Crippen molar-refractivity contribution in [3.8, 4) is 17.0 Å². The van der Waals surface area contributed by atoms with E-state index in [1.54, 1.807) is 13.3 Å². The van der Waals surface area contributed by atoms with Gasteiger partial charge >= 0.3 is 0 Å². The number of fused-ring (bicyclic) bond motifs is 1. The van der Waals surface area contributed by atoms with Gasteiger partial charge in [0.15, 0.2) is 5.82 Å². The lowest BCUT2D eigenvalue weighted by Crippen LogP contribution is -2.39. The van der Waals surface area contributed by atoms with E-state index in [0.29, 0.717) is 22.9 Å². The van der Waals surface area contributed by atoms with Crippen LogP contribution in [-0.2, 0) is 0 Å². The zero-order valence-corrected chi connectivity index (χ0v) is 17.8. The van der Waals surface area contributed by atoms with Crippen molar-refractivity contribution in [1.29, 1.82) is 0 Å². The predicted octanol–water partition coefficient (Wildman–Crippen LogP) is 4.44. The van der Waals surface area contributed by atoms with Gasteiger partial charge in [-0.2, -0.15) is 0 Å². The van der Waals surface area contributed by atoms with Crippen molar-refractivity contribution in [3.63, 3.8) is 0 Å². The van der Waals surface area contributed by atoms with E-state index in [4.69, 9.17) is 10.5 Å². The molecule has 1 aliphatic rings. The van der Waals surface area contributed by atoms with E-state index in [-0.39, 0.29) is 11.7 Å². The summed E-state index contributed by atoms with van der Waals surface area (Å²) in [6, 6.07) is 14.0. The second kappa shape index (κ2) is 8.47. The highest BCUT2D eigenvalue weighted by Gasteiger charge is 2.18. The largest absolute Gasteiger partial charge is 0.494 e. The molecule has 4 N–H and O–H groups in total. The standard InChI is InChI=1S/C24H25FN6O/c1-32-22-12-16(31-10-8-15(26)9-11-31)6-7-21(22)29-24-28-14-19(25)23(30-24)18-13-27-20-5-3-2-4-17(18)20/h2-7,12-15,27H,8-11,26H2,1H3,(H,28,29,30). The number of rotatable bonds is 5. The van der Waals surface area contributed by atoms with Crippen LogP contribution in [0.25, 0.3) is 22.2 Å². The van der Waals surface area contributed by atoms with Gasteiger partial charge < -0.3 is 25.7 Å². The molecule has 0 radical (unpaired) electrons. The number of anilines is 3. The molecule has 0 saturated carbocycles. The number of nitrogens with one attached hydrogen (secondary N) is 2. The summed E-state index contributed by atoms with van der Waals surface area (Å²) in [6.07, 6.45) is 4.90. The molecule has 1 fully saturated rings. The van der Waals surface area contributed by atoms with E-state index in [0.717, 1.165) is 42.5 Å². The van der Waals surface area contributed by atoms with Crippen molar-refractivity contribution in [2.24, 2.45) is 5.73 Å². The van der Waals surface area contributed by atoms with Gasteiger partial charge in [0.05, 0.1) is 19.0 Å². The topological polar surface area (TPSA) is 92.1 Å². The third-order valence-electron chi connectivity index (χ3n) is 5.92. The van der Waals surface area contributed by atoms with Crippen LogP contribution in [0.1, 0.15) is 12.8 Å². The molecule has 0 spiro atoms. The Bertz CT molecular complexity index is 1250. The van der Waals surface area contributed by atoms with Crippen LogP contribution in [0.2, 0.25) is 0 Å². The van der Waals surface area contributed by atoms with Crippen LogP contribution >= 0.6 is 0 Å². The molecule has 0 bridgehead atoms. The molecule has 1 saturated heterocycles. The number of halogens is 1. The van der Waals surface area contributed by atoms with Crippen molar-refractivity contribution in [3.05, 3.63) is 60.7 Å². The second-order valence-electron chi connectivity index (χ2n) is 7.97. The monoisotopic (exact) mass is 432 g/mol. The Morgan fingerprint density at radius 2 is 2.00 bits per heavy atom. The number of piperidine rings is 1. The van der Waals surface area contributed by atoms with Crippen molar-refractivity contribution < 1.29 is 9.13 Å². The zero-order chi connectivity index (χ0) is 22.1. The molecule has 3 heterocycles. The first-order valence-corrected chi connectivity index (χ1v) is 10.7. The lowest BCUT2D eigenvalue weighted by molar-refractivity contribution is 0.416. The Morgan fingerprint density at radius 3 is 2.81 bits per heavy atom. The maximum Gasteiger partial charge on any atom is 0.228 e. The number of benzene rings is 2. The Hall–Kier alpha value is -3.65. The quantitative estimate of drug-likeness (QED) is 0.432. The molecule has 7 nitrogen and oxygen atoms in total. The van der Waals surface area contributed by atoms with Gasteiger partial charge in [0.1, 0.15) is 11.4 Å². The SMILES string of the molecule is COc1cc(N2CCC(N)CC2)ccc1Nc1ncc(F)c(-c2c[nH]c3ccccc23)n1. The summed E-state index contributed by atoms with van der Waals surface area (Å²) in [5, 5.41) is 4.08. The highest BCUT2D eigenvalue weighted by molar-refractivity contribution is 5.94. The van der Waals surface area contributed by atoms with E-state index in [9.17, 15) is 4.39 Å². The van der Waals surface area contributed by atoms with Crippen LogP contribution in [0.5, 0.6) is 5.75 Å². The Balaban J connectivity index is 1.43. The minimum Gasteiger partial charge on any atom is -0.494 e. The summed E-state index contributed by atoms with van der Waals surface area (Å²) in [4.78, 5) is 14.1. The number of para-hydroxylation sites is 1. The molecule has 5 rings (SSSR count). The molecule has 1 aliphatic heterocycles. The maximum atomic E-state index is 14.6. The number of aromatic nitrogens is 3. The van der Waals surface area contributed by atoms with Crippen molar-refractivity contribution in [2.75, 3.05) is 30.4 Å². The first-order chi connectivity index (χ1) is 15.6. The fourth-order valence-electron chi connectivity index (χ4n) is 4.14. The number of nitrogens with zero attached hydrogens (tertiary/aromatic N) is 3. The summed E-state index contributed by atoms with van der Waals surface area (Å²) in [5.41, 5.74) is 9.67. The molecule has 2 aromatic carbocycles. The van der Waals surface area contributed by atoms with Gasteiger partial charge in [0.2, 0.25) is 5.95 Å². The molecule has 0 aliphatic carbocycles. The number of ether oxygens (including phenoxy) is 1. The number of H-pyrrole nitrogens is 1. The zero-order valence-electron chi connectivity index (χ0n) is 17.8. The summed E-state index contributed by atoms with van der Waals surface area (Å²) >= 11 is 0. The van der Waals surface area contributed by atoms with Crippen LogP contribution in [0.3, 0.4) is 0 Å². The Labute approximate surface area is 185 Å². The summed E-state index contributed by atoms with van der Waals surface area (Å²) in [5.74, 6) is 0.478. The first kappa shape index (κ1) is 20.3. The molecule has 0 unspecified atom stereocenters. The van der Waals surface area contributed by atoms with Crippen LogP contribution < -0.4 is 20.7 Å². The van der Waals surface area contributed by atoms with Crippen LogP contribution in [0, 0.1) is 5.82 Å². The van der Waals surface area contributed by atoms with Crippen LogP contribution in [-0.4, -0.2) is 41.2 Å². The van der Waals surface area contributed by atoms with Crippen molar-refractivity contribution in [2.45, 2.75) is 18.9 Å². The van der Waals surface area contributed by atoms with Gasteiger partial charge in [0.25, 0.3) is 0 Å². The molecular formula is C24H25FN6O. The third-order valence-corrected chi connectivity index (χ3v) is 5.92. The highest BCUT2D eigenvalue weighted by Crippen LogP contribution is 2.34. The summed E-state index contributed by atoms with van der Waals surface area (Å²) in [7, 11) is 1.62. The van der Waals surface area contributed by atoms with Gasteiger partial charge in [-0.3, -0.25) is 0 Å². The smallest absolute Gasteiger partial charge is 0.228 e. The molecule has 4 aromatic rings. The van der Waals surface area contributed by atoms with E-state index >= 15 is 0 Å². The molecule has 2 aromatic heterocycles. The number of hydrogen-bond donors (Lipinski definition) is 3. The number of aromatic amines is 1. The second-order valence-corrected chi connectivity index (χ2v) is 7.97. The Kier molecular flexibility index (Phi) is 5.36. The molecular weight excluding hydrogens is 407 g/mol. The van der Waals surface area contributed by atoms with Gasteiger partial charge in [-0.1, -0.05) is 18.2 Å².